The number of aromatic amines is 1. The number of carbonyl (C=O) groups is 2. The number of amides is 1. The van der Waals surface area contributed by atoms with Gasteiger partial charge in [-0.25, -0.2) is 14.2 Å². The molecular weight excluding hydrogens is 398 g/mol. The molecule has 2 aromatic rings. The molecule has 1 aromatic carbocycles. The van der Waals surface area contributed by atoms with Crippen molar-refractivity contribution >= 4 is 29.2 Å². The minimum atomic E-state index is -5.08. The third-order valence-corrected chi connectivity index (χ3v) is 3.61. The second-order valence-corrected chi connectivity index (χ2v) is 5.52. The second-order valence-electron chi connectivity index (χ2n) is 5.52. The van der Waals surface area contributed by atoms with E-state index in [1.807, 2.05) is 0 Å². The smallest absolute Gasteiger partial charge is 0.475 e. The molecular formula is C18H13F4N3O4. The average Bonchev–Trinajstić information content (AvgIpc) is 3.18. The number of aryl methyl sites for hydroxylation is 1. The van der Waals surface area contributed by atoms with Gasteiger partial charge >= 0.3 is 12.1 Å². The van der Waals surface area contributed by atoms with E-state index in [0.717, 1.165) is 5.69 Å². The summed E-state index contributed by atoms with van der Waals surface area (Å²) in [7, 11) is 0. The molecule has 0 unspecified atom stereocenters. The summed E-state index contributed by atoms with van der Waals surface area (Å²) < 4.78 is 45.8. The topological polar surface area (TPSA) is 115 Å². The van der Waals surface area contributed by atoms with Crippen LogP contribution in [0.5, 0.6) is 0 Å². The first-order valence-electron chi connectivity index (χ1n) is 7.82. The molecule has 0 atom stereocenters. The van der Waals surface area contributed by atoms with E-state index in [4.69, 9.17) is 15.0 Å². The zero-order valence-electron chi connectivity index (χ0n) is 14.7. The molecule has 11 heteroatoms. The number of aliphatic hydroxyl groups is 1. The number of halogens is 4. The number of nitrogens with zero attached hydrogens (tertiary/aromatic N) is 1. The Labute approximate surface area is 161 Å². The van der Waals surface area contributed by atoms with Crippen LogP contribution in [0.15, 0.2) is 18.5 Å². The number of carbonyl (C=O) groups excluding carboxylic acids is 1. The van der Waals surface area contributed by atoms with Gasteiger partial charge in [0.1, 0.15) is 12.4 Å². The number of aromatic nitrogens is 2. The number of hydrogen-bond donors (Lipinski definition) is 4. The number of anilines is 1. The molecule has 0 fully saturated rings. The number of imidazole rings is 1. The predicted octanol–water partition coefficient (Wildman–Crippen LogP) is 2.33. The molecule has 0 saturated carbocycles. The zero-order chi connectivity index (χ0) is 21.8. The minimum absolute atomic E-state index is 0.0910. The van der Waals surface area contributed by atoms with E-state index in [-0.39, 0.29) is 18.1 Å². The van der Waals surface area contributed by atoms with E-state index in [9.17, 15) is 22.4 Å². The number of H-pyrrole nitrogens is 1. The van der Waals surface area contributed by atoms with Gasteiger partial charge in [-0.2, -0.15) is 13.2 Å². The van der Waals surface area contributed by atoms with Crippen molar-refractivity contribution in [3.8, 4) is 11.8 Å². The number of carboxylic acid groups (broad SMARTS) is 1. The molecule has 1 aliphatic rings. The van der Waals surface area contributed by atoms with Gasteiger partial charge in [-0.15, -0.1) is 0 Å². The van der Waals surface area contributed by atoms with Crippen LogP contribution in [0.3, 0.4) is 0 Å². The molecule has 1 amide bonds. The van der Waals surface area contributed by atoms with E-state index in [0.29, 0.717) is 22.5 Å². The lowest BCUT2D eigenvalue weighted by Gasteiger charge is -2.04. The van der Waals surface area contributed by atoms with Gasteiger partial charge in [0.05, 0.1) is 34.5 Å². The van der Waals surface area contributed by atoms with Crippen LogP contribution in [0.4, 0.5) is 23.2 Å². The summed E-state index contributed by atoms with van der Waals surface area (Å²) >= 11 is 0. The number of fused-ring (bicyclic) bond motifs is 1. The maximum Gasteiger partial charge on any atom is 0.490 e. The Kier molecular flexibility index (Phi) is 6.40. The number of benzene rings is 1. The van der Waals surface area contributed by atoms with Crippen molar-refractivity contribution in [2.75, 3.05) is 11.9 Å². The van der Waals surface area contributed by atoms with Crippen molar-refractivity contribution in [3.63, 3.8) is 0 Å². The fourth-order valence-electron chi connectivity index (χ4n) is 2.32. The molecule has 1 aliphatic heterocycles. The van der Waals surface area contributed by atoms with Crippen LogP contribution in [0.2, 0.25) is 0 Å². The summed E-state index contributed by atoms with van der Waals surface area (Å²) in [6.45, 7) is 1.41. The summed E-state index contributed by atoms with van der Waals surface area (Å²) in [4.78, 5) is 28.1. The molecule has 4 N–H and O–H groups in total. The van der Waals surface area contributed by atoms with Gasteiger partial charge in [-0.05, 0) is 25.1 Å². The highest BCUT2D eigenvalue weighted by Crippen LogP contribution is 2.36. The molecule has 0 aliphatic carbocycles. The van der Waals surface area contributed by atoms with Crippen LogP contribution in [0, 0.1) is 24.6 Å². The van der Waals surface area contributed by atoms with E-state index in [1.54, 1.807) is 13.0 Å². The van der Waals surface area contributed by atoms with Gasteiger partial charge in [0.2, 0.25) is 0 Å². The van der Waals surface area contributed by atoms with E-state index < -0.39 is 18.0 Å². The van der Waals surface area contributed by atoms with Crippen molar-refractivity contribution < 1.29 is 37.4 Å². The van der Waals surface area contributed by atoms with Gasteiger partial charge in [0.25, 0.3) is 5.91 Å². The summed E-state index contributed by atoms with van der Waals surface area (Å²) in [5.41, 5.74) is 2.70. The van der Waals surface area contributed by atoms with Gasteiger partial charge in [-0.3, -0.25) is 4.79 Å². The molecule has 7 nitrogen and oxygen atoms in total. The lowest BCUT2D eigenvalue weighted by Crippen LogP contribution is -2.21. The number of hydrogen-bond acceptors (Lipinski definition) is 4. The number of aliphatic carboxylic acids is 1. The minimum Gasteiger partial charge on any atom is -0.475 e. The Bertz CT molecular complexity index is 1050. The normalized spacial score (nSPS) is 13.7. The lowest BCUT2D eigenvalue weighted by molar-refractivity contribution is -0.192. The largest absolute Gasteiger partial charge is 0.490 e. The van der Waals surface area contributed by atoms with Crippen molar-refractivity contribution in [1.82, 2.24) is 9.97 Å². The van der Waals surface area contributed by atoms with Crippen LogP contribution in [-0.4, -0.2) is 44.8 Å². The van der Waals surface area contributed by atoms with E-state index >= 15 is 0 Å². The van der Waals surface area contributed by atoms with Crippen molar-refractivity contribution in [1.29, 1.82) is 0 Å². The lowest BCUT2D eigenvalue weighted by atomic mass is 9.99. The summed E-state index contributed by atoms with van der Waals surface area (Å²) in [5, 5.41) is 18.6. The fraction of sp³-hybridized carbons (Fsp3) is 0.167. The molecule has 0 saturated heterocycles. The maximum atomic E-state index is 14.1. The van der Waals surface area contributed by atoms with E-state index in [2.05, 4.69) is 27.1 Å². The first kappa shape index (κ1) is 21.6. The SMILES string of the molecule is Cc1nc[nH]c1/C=C1\C(=O)Nc2ccc(F)c(C#CCO)c21.O=C(O)C(F)(F)F. The third-order valence-electron chi connectivity index (χ3n) is 3.61. The monoisotopic (exact) mass is 411 g/mol. The van der Waals surface area contributed by atoms with Crippen molar-refractivity contribution in [3.05, 3.63) is 46.8 Å². The van der Waals surface area contributed by atoms with Gasteiger partial charge in [0.15, 0.2) is 0 Å². The summed E-state index contributed by atoms with van der Waals surface area (Å²) in [6.07, 6.45) is -1.94. The highest BCUT2D eigenvalue weighted by Gasteiger charge is 2.38. The number of rotatable bonds is 1. The van der Waals surface area contributed by atoms with Gasteiger partial charge in [-0.1, -0.05) is 11.8 Å². The Morgan fingerprint density at radius 1 is 1.34 bits per heavy atom. The molecule has 3 rings (SSSR count). The molecule has 29 heavy (non-hydrogen) atoms. The van der Waals surface area contributed by atoms with Gasteiger partial charge in [0, 0.05) is 5.56 Å². The highest BCUT2D eigenvalue weighted by molar-refractivity contribution is 6.35. The predicted molar refractivity (Wildman–Crippen MR) is 93.9 cm³/mol. The van der Waals surface area contributed by atoms with Crippen LogP contribution in [0.1, 0.15) is 22.5 Å². The Hall–Kier alpha value is -3.65. The number of aliphatic hydroxyl groups excluding tert-OH is 1. The average molecular weight is 411 g/mol. The molecule has 0 bridgehead atoms. The number of alkyl halides is 3. The Balaban J connectivity index is 0.000000370. The quantitative estimate of drug-likeness (QED) is 0.327. The van der Waals surface area contributed by atoms with Gasteiger partial charge < -0.3 is 20.5 Å². The second kappa shape index (κ2) is 8.57. The molecule has 1 aromatic heterocycles. The summed E-state index contributed by atoms with van der Waals surface area (Å²) in [5.74, 6) is 1.37. The third kappa shape index (κ3) is 4.99. The van der Waals surface area contributed by atoms with Crippen molar-refractivity contribution in [2.45, 2.75) is 13.1 Å². The molecule has 0 radical (unpaired) electrons. The number of carboxylic acids is 1. The maximum absolute atomic E-state index is 14.1. The standard InChI is InChI=1S/C16H12FN3O2.C2HF3O2/c1-9-14(19-8-18-9)7-11-15-10(3-2-6-21)12(17)4-5-13(15)20-16(11)22;3-2(4,5)1(6)7/h4-5,7-8,21H,6H2,1H3,(H,18,19)(H,20,22);(H,6,7)/b11-7-;. The van der Waals surface area contributed by atoms with Crippen LogP contribution in [0.25, 0.3) is 11.6 Å². The fourth-order valence-corrected chi connectivity index (χ4v) is 2.32. The van der Waals surface area contributed by atoms with Crippen LogP contribution < -0.4 is 5.32 Å². The first-order valence-corrected chi connectivity index (χ1v) is 7.82. The van der Waals surface area contributed by atoms with Crippen LogP contribution >= 0.6 is 0 Å². The molecule has 152 valence electrons. The number of nitrogens with one attached hydrogen (secondary N) is 2. The summed E-state index contributed by atoms with van der Waals surface area (Å²) in [6, 6.07) is 2.73. The van der Waals surface area contributed by atoms with Crippen LogP contribution in [-0.2, 0) is 9.59 Å². The Morgan fingerprint density at radius 2 is 2.00 bits per heavy atom. The molecule has 0 spiro atoms. The first-order chi connectivity index (χ1) is 13.6. The Morgan fingerprint density at radius 3 is 2.52 bits per heavy atom. The molecule has 2 heterocycles. The zero-order valence-corrected chi connectivity index (χ0v) is 14.7. The highest BCUT2D eigenvalue weighted by atomic mass is 19.4. The van der Waals surface area contributed by atoms with Crippen molar-refractivity contribution in [2.24, 2.45) is 0 Å². The van der Waals surface area contributed by atoms with E-state index in [1.165, 1.54) is 18.5 Å².